The summed E-state index contributed by atoms with van der Waals surface area (Å²) < 4.78 is 2.23. The van der Waals surface area contributed by atoms with Crippen molar-refractivity contribution in [3.05, 3.63) is 36.0 Å². The fraction of sp³-hybridized carbons (Fsp3) is 0.333. The fourth-order valence-corrected chi connectivity index (χ4v) is 1.76. The second-order valence-electron chi connectivity index (χ2n) is 3.87. The van der Waals surface area contributed by atoms with Crippen molar-refractivity contribution in [3.8, 4) is 0 Å². The van der Waals surface area contributed by atoms with Crippen LogP contribution in [-0.4, -0.2) is 9.67 Å². The summed E-state index contributed by atoms with van der Waals surface area (Å²) >= 11 is 0. The molecule has 0 fully saturated rings. The lowest BCUT2D eigenvalue weighted by Crippen LogP contribution is -1.97. The van der Waals surface area contributed by atoms with Gasteiger partial charge in [0.1, 0.15) is 0 Å². The molecule has 14 heavy (non-hydrogen) atoms. The maximum atomic E-state index is 9.01. The first kappa shape index (κ1) is 9.28. The van der Waals surface area contributed by atoms with E-state index in [0.29, 0.717) is 6.04 Å². The van der Waals surface area contributed by atoms with E-state index in [-0.39, 0.29) is 6.61 Å². The average Bonchev–Trinajstić information content (AvgIpc) is 2.59. The van der Waals surface area contributed by atoms with Gasteiger partial charge in [-0.25, -0.2) is 0 Å². The number of hydrogen-bond acceptors (Lipinski definition) is 1. The molecule has 0 saturated carbocycles. The van der Waals surface area contributed by atoms with Crippen LogP contribution in [0.25, 0.3) is 10.9 Å². The quantitative estimate of drug-likeness (QED) is 0.772. The molecule has 1 aromatic carbocycles. The van der Waals surface area contributed by atoms with Crippen LogP contribution in [0.4, 0.5) is 0 Å². The molecule has 0 amide bonds. The molecule has 2 aromatic rings. The van der Waals surface area contributed by atoms with Crippen molar-refractivity contribution in [3.63, 3.8) is 0 Å². The Labute approximate surface area is 83.8 Å². The van der Waals surface area contributed by atoms with E-state index in [2.05, 4.69) is 36.7 Å². The maximum absolute atomic E-state index is 9.01. The molecular formula is C12H15NO. The van der Waals surface area contributed by atoms with Crippen molar-refractivity contribution in [2.24, 2.45) is 0 Å². The summed E-state index contributed by atoms with van der Waals surface area (Å²) in [6, 6.07) is 8.65. The molecule has 1 heterocycles. The molecule has 0 radical (unpaired) electrons. The van der Waals surface area contributed by atoms with Gasteiger partial charge in [-0.15, -0.1) is 0 Å². The molecule has 0 aliphatic carbocycles. The number of rotatable bonds is 2. The van der Waals surface area contributed by atoms with Crippen LogP contribution in [0, 0.1) is 0 Å². The Bertz CT molecular complexity index is 443. The predicted molar refractivity (Wildman–Crippen MR) is 58.2 cm³/mol. The first-order valence-electron chi connectivity index (χ1n) is 4.92. The minimum absolute atomic E-state index is 0.114. The SMILES string of the molecule is CC(C)n1ccc2cc(CO)ccc21. The Morgan fingerprint density at radius 1 is 1.29 bits per heavy atom. The molecule has 2 nitrogen and oxygen atoms in total. The summed E-state index contributed by atoms with van der Waals surface area (Å²) in [5, 5.41) is 10.2. The highest BCUT2D eigenvalue weighted by Gasteiger charge is 2.03. The van der Waals surface area contributed by atoms with Gasteiger partial charge in [0.2, 0.25) is 0 Å². The summed E-state index contributed by atoms with van der Waals surface area (Å²) in [4.78, 5) is 0. The van der Waals surface area contributed by atoms with Crippen LogP contribution in [0.15, 0.2) is 30.5 Å². The van der Waals surface area contributed by atoms with Crippen LogP contribution in [0.1, 0.15) is 25.5 Å². The summed E-state index contributed by atoms with van der Waals surface area (Å²) in [5.74, 6) is 0. The minimum atomic E-state index is 0.114. The zero-order valence-electron chi connectivity index (χ0n) is 8.57. The van der Waals surface area contributed by atoms with Crippen molar-refractivity contribution in [2.45, 2.75) is 26.5 Å². The molecule has 0 spiro atoms. The molecule has 0 bridgehead atoms. The van der Waals surface area contributed by atoms with Crippen molar-refractivity contribution < 1.29 is 5.11 Å². The number of hydrogen-bond donors (Lipinski definition) is 1. The summed E-state index contributed by atoms with van der Waals surface area (Å²) in [5.41, 5.74) is 2.20. The molecular weight excluding hydrogens is 174 g/mol. The first-order valence-corrected chi connectivity index (χ1v) is 4.92. The highest BCUT2D eigenvalue weighted by atomic mass is 16.3. The summed E-state index contributed by atoms with van der Waals surface area (Å²) in [6.45, 7) is 4.45. The highest BCUT2D eigenvalue weighted by molar-refractivity contribution is 5.81. The lowest BCUT2D eigenvalue weighted by atomic mass is 10.1. The molecule has 0 saturated heterocycles. The van der Waals surface area contributed by atoms with E-state index in [1.54, 1.807) is 0 Å². The average molecular weight is 189 g/mol. The van der Waals surface area contributed by atoms with Gasteiger partial charge in [0.15, 0.2) is 0 Å². The smallest absolute Gasteiger partial charge is 0.0682 e. The fourth-order valence-electron chi connectivity index (χ4n) is 1.76. The van der Waals surface area contributed by atoms with Gasteiger partial charge in [0, 0.05) is 17.8 Å². The Morgan fingerprint density at radius 3 is 2.71 bits per heavy atom. The van der Waals surface area contributed by atoms with Gasteiger partial charge in [0.25, 0.3) is 0 Å². The lowest BCUT2D eigenvalue weighted by Gasteiger charge is -2.09. The van der Waals surface area contributed by atoms with Crippen molar-refractivity contribution in [2.75, 3.05) is 0 Å². The van der Waals surface area contributed by atoms with E-state index in [4.69, 9.17) is 5.11 Å². The summed E-state index contributed by atoms with van der Waals surface area (Å²) in [7, 11) is 0. The standard InChI is InChI=1S/C12H15NO/c1-9(2)13-6-5-11-7-10(8-14)3-4-12(11)13/h3-7,9,14H,8H2,1-2H3. The minimum Gasteiger partial charge on any atom is -0.392 e. The Hall–Kier alpha value is -1.28. The Morgan fingerprint density at radius 2 is 2.07 bits per heavy atom. The second-order valence-corrected chi connectivity index (χ2v) is 3.87. The van der Waals surface area contributed by atoms with Crippen molar-refractivity contribution in [1.29, 1.82) is 0 Å². The third-order valence-electron chi connectivity index (χ3n) is 2.52. The number of benzene rings is 1. The van der Waals surface area contributed by atoms with E-state index >= 15 is 0 Å². The maximum Gasteiger partial charge on any atom is 0.0682 e. The number of nitrogens with zero attached hydrogens (tertiary/aromatic N) is 1. The molecule has 2 rings (SSSR count). The number of aliphatic hydroxyl groups is 1. The van der Waals surface area contributed by atoms with Crippen LogP contribution >= 0.6 is 0 Å². The third kappa shape index (κ3) is 1.42. The molecule has 0 unspecified atom stereocenters. The molecule has 2 heteroatoms. The third-order valence-corrected chi connectivity index (χ3v) is 2.52. The number of aromatic nitrogens is 1. The van der Waals surface area contributed by atoms with Crippen LogP contribution in [0.3, 0.4) is 0 Å². The Balaban J connectivity index is 2.59. The summed E-state index contributed by atoms with van der Waals surface area (Å²) in [6.07, 6.45) is 2.09. The van der Waals surface area contributed by atoms with Gasteiger partial charge >= 0.3 is 0 Å². The molecule has 1 aromatic heterocycles. The molecule has 0 aliphatic heterocycles. The Kier molecular flexibility index (Phi) is 2.30. The van der Waals surface area contributed by atoms with E-state index in [1.165, 1.54) is 10.9 Å². The second kappa shape index (κ2) is 3.46. The van der Waals surface area contributed by atoms with Gasteiger partial charge < -0.3 is 9.67 Å². The predicted octanol–water partition coefficient (Wildman–Crippen LogP) is 2.71. The number of aliphatic hydroxyl groups excluding tert-OH is 1. The van der Waals surface area contributed by atoms with Gasteiger partial charge in [-0.1, -0.05) is 6.07 Å². The zero-order valence-corrected chi connectivity index (χ0v) is 8.57. The van der Waals surface area contributed by atoms with E-state index < -0.39 is 0 Å². The zero-order chi connectivity index (χ0) is 10.1. The molecule has 74 valence electrons. The van der Waals surface area contributed by atoms with Gasteiger partial charge in [-0.05, 0) is 43.0 Å². The molecule has 0 aliphatic rings. The van der Waals surface area contributed by atoms with Crippen LogP contribution in [0.2, 0.25) is 0 Å². The topological polar surface area (TPSA) is 25.2 Å². The monoisotopic (exact) mass is 189 g/mol. The van der Waals surface area contributed by atoms with Crippen LogP contribution < -0.4 is 0 Å². The van der Waals surface area contributed by atoms with E-state index in [0.717, 1.165) is 5.56 Å². The van der Waals surface area contributed by atoms with Crippen molar-refractivity contribution in [1.82, 2.24) is 4.57 Å². The van der Waals surface area contributed by atoms with Crippen LogP contribution in [0.5, 0.6) is 0 Å². The van der Waals surface area contributed by atoms with Gasteiger partial charge in [-0.3, -0.25) is 0 Å². The normalized spacial score (nSPS) is 11.4. The van der Waals surface area contributed by atoms with Gasteiger partial charge in [-0.2, -0.15) is 0 Å². The molecule has 1 N–H and O–H groups in total. The van der Waals surface area contributed by atoms with Gasteiger partial charge in [0.05, 0.1) is 6.61 Å². The van der Waals surface area contributed by atoms with E-state index in [1.807, 2.05) is 12.1 Å². The lowest BCUT2D eigenvalue weighted by molar-refractivity contribution is 0.282. The highest BCUT2D eigenvalue weighted by Crippen LogP contribution is 2.21. The van der Waals surface area contributed by atoms with Crippen molar-refractivity contribution >= 4 is 10.9 Å². The first-order chi connectivity index (χ1) is 6.72. The number of fused-ring (bicyclic) bond motifs is 1. The largest absolute Gasteiger partial charge is 0.392 e. The van der Waals surface area contributed by atoms with E-state index in [9.17, 15) is 0 Å². The van der Waals surface area contributed by atoms with Crippen LogP contribution in [-0.2, 0) is 6.61 Å². The molecule has 0 atom stereocenters.